The monoisotopic (exact) mass is 300 g/mol. The van der Waals surface area contributed by atoms with Crippen molar-refractivity contribution in [3.63, 3.8) is 0 Å². The Morgan fingerprint density at radius 3 is 2.38 bits per heavy atom. The molecule has 0 atom stereocenters. The van der Waals surface area contributed by atoms with E-state index in [0.717, 1.165) is 5.69 Å². The van der Waals surface area contributed by atoms with E-state index in [1.807, 2.05) is 47.4 Å². The van der Waals surface area contributed by atoms with Crippen LogP contribution in [0.25, 0.3) is 0 Å². The Morgan fingerprint density at radius 1 is 1.10 bits per heavy atom. The molecule has 0 aliphatic heterocycles. The Labute approximate surface area is 131 Å². The number of thiocarbonyl (C=S) groups is 1. The van der Waals surface area contributed by atoms with E-state index in [9.17, 15) is 5.11 Å². The molecule has 0 spiro atoms. The lowest BCUT2D eigenvalue weighted by atomic mass is 10.2. The zero-order chi connectivity index (χ0) is 15.1. The van der Waals surface area contributed by atoms with Crippen LogP contribution in [0.4, 0.5) is 5.69 Å². The van der Waals surface area contributed by atoms with Gasteiger partial charge in [0, 0.05) is 18.8 Å². The molecule has 2 aromatic rings. The van der Waals surface area contributed by atoms with Gasteiger partial charge in [0.05, 0.1) is 6.61 Å². The summed E-state index contributed by atoms with van der Waals surface area (Å²) in [4.78, 5) is 1.96. The molecule has 0 saturated carbocycles. The van der Waals surface area contributed by atoms with Gasteiger partial charge >= 0.3 is 0 Å². The smallest absolute Gasteiger partial charge is 0.173 e. The van der Waals surface area contributed by atoms with Gasteiger partial charge in [-0.15, -0.1) is 0 Å². The number of aliphatic hydroxyl groups is 1. The van der Waals surface area contributed by atoms with Gasteiger partial charge in [0.1, 0.15) is 0 Å². The van der Waals surface area contributed by atoms with E-state index in [0.29, 0.717) is 18.2 Å². The van der Waals surface area contributed by atoms with Crippen LogP contribution in [0.15, 0.2) is 54.6 Å². The molecule has 0 amide bonds. The number of nitrogens with one attached hydrogen (secondary N) is 1. The molecular weight excluding hydrogens is 280 g/mol. The van der Waals surface area contributed by atoms with Crippen LogP contribution in [-0.2, 0) is 6.54 Å². The zero-order valence-corrected chi connectivity index (χ0v) is 12.9. The van der Waals surface area contributed by atoms with E-state index < -0.39 is 0 Å². The van der Waals surface area contributed by atoms with Gasteiger partial charge in [0.2, 0.25) is 0 Å². The van der Waals surface area contributed by atoms with Crippen LogP contribution >= 0.6 is 12.2 Å². The first-order chi connectivity index (χ1) is 10.2. The molecule has 0 saturated heterocycles. The fourth-order valence-corrected chi connectivity index (χ4v) is 2.29. The molecule has 3 nitrogen and oxygen atoms in total. The molecule has 110 valence electrons. The van der Waals surface area contributed by atoms with E-state index >= 15 is 0 Å². The lowest BCUT2D eigenvalue weighted by Crippen LogP contribution is -2.36. The molecule has 0 fully saturated rings. The van der Waals surface area contributed by atoms with Gasteiger partial charge < -0.3 is 15.3 Å². The molecule has 21 heavy (non-hydrogen) atoms. The van der Waals surface area contributed by atoms with Crippen molar-refractivity contribution >= 4 is 23.0 Å². The van der Waals surface area contributed by atoms with Crippen LogP contribution in [0.3, 0.4) is 0 Å². The third-order valence-corrected chi connectivity index (χ3v) is 3.54. The SMILES string of the molecule is Cc1ccc(NC(=S)N(CCO)Cc2ccccc2)cc1. The van der Waals surface area contributed by atoms with Gasteiger partial charge in [0.15, 0.2) is 5.11 Å². The first-order valence-electron chi connectivity index (χ1n) is 6.96. The maximum absolute atomic E-state index is 9.24. The Kier molecular flexibility index (Phi) is 5.72. The number of rotatable bonds is 5. The number of benzene rings is 2. The molecule has 0 aliphatic rings. The minimum atomic E-state index is 0.0720. The van der Waals surface area contributed by atoms with Crippen LogP contribution in [0.1, 0.15) is 11.1 Å². The Bertz CT molecular complexity index is 569. The third kappa shape index (κ3) is 4.85. The zero-order valence-electron chi connectivity index (χ0n) is 12.1. The van der Waals surface area contributed by atoms with Crippen LogP contribution in [0.5, 0.6) is 0 Å². The quantitative estimate of drug-likeness (QED) is 0.831. The average Bonchev–Trinajstić information content (AvgIpc) is 2.50. The van der Waals surface area contributed by atoms with Crippen LogP contribution in [0.2, 0.25) is 0 Å². The highest BCUT2D eigenvalue weighted by molar-refractivity contribution is 7.80. The van der Waals surface area contributed by atoms with E-state index in [2.05, 4.69) is 24.4 Å². The highest BCUT2D eigenvalue weighted by Crippen LogP contribution is 2.11. The number of hydrogen-bond acceptors (Lipinski definition) is 2. The van der Waals surface area contributed by atoms with Crippen LogP contribution in [0, 0.1) is 6.92 Å². The first kappa shape index (κ1) is 15.5. The molecule has 0 heterocycles. The minimum Gasteiger partial charge on any atom is -0.395 e. The predicted octanol–water partition coefficient (Wildman–Crippen LogP) is 3.19. The number of anilines is 1. The molecule has 0 unspecified atom stereocenters. The van der Waals surface area contributed by atoms with Crippen molar-refractivity contribution in [1.29, 1.82) is 0 Å². The lowest BCUT2D eigenvalue weighted by molar-refractivity contribution is 0.248. The fraction of sp³-hybridized carbons (Fsp3) is 0.235. The van der Waals surface area contributed by atoms with Crippen molar-refractivity contribution in [2.24, 2.45) is 0 Å². The minimum absolute atomic E-state index is 0.0720. The molecule has 0 aliphatic carbocycles. The molecular formula is C17H20N2OS. The summed E-state index contributed by atoms with van der Waals surface area (Å²) in [7, 11) is 0. The van der Waals surface area contributed by atoms with Gasteiger partial charge in [-0.25, -0.2) is 0 Å². The maximum Gasteiger partial charge on any atom is 0.173 e. The van der Waals surface area contributed by atoms with Gasteiger partial charge in [-0.3, -0.25) is 0 Å². The standard InChI is InChI=1S/C17H20N2OS/c1-14-7-9-16(10-8-14)18-17(21)19(11-12-20)13-15-5-3-2-4-6-15/h2-10,20H,11-13H2,1H3,(H,18,21). The fourth-order valence-electron chi connectivity index (χ4n) is 2.02. The normalized spacial score (nSPS) is 10.2. The molecule has 0 radical (unpaired) electrons. The Balaban J connectivity index is 2.03. The average molecular weight is 300 g/mol. The molecule has 2 N–H and O–H groups in total. The highest BCUT2D eigenvalue weighted by atomic mass is 32.1. The number of nitrogens with zero attached hydrogens (tertiary/aromatic N) is 1. The summed E-state index contributed by atoms with van der Waals surface area (Å²) in [6.45, 7) is 3.31. The topological polar surface area (TPSA) is 35.5 Å². The first-order valence-corrected chi connectivity index (χ1v) is 7.37. The van der Waals surface area contributed by atoms with Gasteiger partial charge in [-0.2, -0.15) is 0 Å². The van der Waals surface area contributed by atoms with Crippen molar-refractivity contribution in [2.75, 3.05) is 18.5 Å². The molecule has 0 bridgehead atoms. The summed E-state index contributed by atoms with van der Waals surface area (Å²) in [6.07, 6.45) is 0. The van der Waals surface area contributed by atoms with Crippen LogP contribution < -0.4 is 5.32 Å². The van der Waals surface area contributed by atoms with E-state index in [4.69, 9.17) is 12.2 Å². The summed E-state index contributed by atoms with van der Waals surface area (Å²) in [5.41, 5.74) is 3.34. The van der Waals surface area contributed by atoms with Crippen molar-refractivity contribution in [2.45, 2.75) is 13.5 Å². The van der Waals surface area contributed by atoms with Gasteiger partial charge in [-0.1, -0.05) is 48.0 Å². The summed E-state index contributed by atoms with van der Waals surface area (Å²) < 4.78 is 0. The van der Waals surface area contributed by atoms with Crippen molar-refractivity contribution in [1.82, 2.24) is 4.90 Å². The molecule has 0 aromatic heterocycles. The summed E-state index contributed by atoms with van der Waals surface area (Å²) in [5.74, 6) is 0. The Morgan fingerprint density at radius 2 is 1.76 bits per heavy atom. The molecule has 2 rings (SSSR count). The summed E-state index contributed by atoms with van der Waals surface area (Å²) in [5, 5.41) is 13.1. The van der Waals surface area contributed by atoms with Crippen molar-refractivity contribution in [3.05, 3.63) is 65.7 Å². The second kappa shape index (κ2) is 7.76. The molecule has 4 heteroatoms. The number of hydrogen-bond donors (Lipinski definition) is 2. The third-order valence-electron chi connectivity index (χ3n) is 3.18. The highest BCUT2D eigenvalue weighted by Gasteiger charge is 2.10. The van der Waals surface area contributed by atoms with E-state index in [-0.39, 0.29) is 6.61 Å². The summed E-state index contributed by atoms with van der Waals surface area (Å²) >= 11 is 5.46. The van der Waals surface area contributed by atoms with E-state index in [1.54, 1.807) is 0 Å². The predicted molar refractivity (Wildman–Crippen MR) is 91.3 cm³/mol. The van der Waals surface area contributed by atoms with Crippen molar-refractivity contribution < 1.29 is 5.11 Å². The van der Waals surface area contributed by atoms with Crippen molar-refractivity contribution in [3.8, 4) is 0 Å². The number of aryl methyl sites for hydroxylation is 1. The van der Waals surface area contributed by atoms with Gasteiger partial charge in [-0.05, 0) is 36.8 Å². The number of aliphatic hydroxyl groups excluding tert-OH is 1. The molecule has 2 aromatic carbocycles. The second-order valence-corrected chi connectivity index (χ2v) is 5.31. The Hall–Kier alpha value is -1.91. The second-order valence-electron chi connectivity index (χ2n) is 4.93. The van der Waals surface area contributed by atoms with Crippen LogP contribution in [-0.4, -0.2) is 28.3 Å². The maximum atomic E-state index is 9.24. The van der Waals surface area contributed by atoms with E-state index in [1.165, 1.54) is 11.1 Å². The lowest BCUT2D eigenvalue weighted by Gasteiger charge is -2.25. The summed E-state index contributed by atoms with van der Waals surface area (Å²) in [6, 6.07) is 18.2. The largest absolute Gasteiger partial charge is 0.395 e. The van der Waals surface area contributed by atoms with Gasteiger partial charge in [0.25, 0.3) is 0 Å².